The standard InChI is InChI=1S/C22H27N3O2/c26-21(23-14-11-18-7-3-1-4-8-18)22(27)24-20-12-15-25(16-13-20)17-19-9-5-2-6-10-19/h1-10,20H,11-17H2,(H,23,26)(H,24,27). The third kappa shape index (κ3) is 6.22. The lowest BCUT2D eigenvalue weighted by Crippen LogP contribution is -2.49. The van der Waals surface area contributed by atoms with Crippen molar-refractivity contribution in [1.82, 2.24) is 15.5 Å². The summed E-state index contributed by atoms with van der Waals surface area (Å²) >= 11 is 0. The first kappa shape index (κ1) is 19.1. The minimum absolute atomic E-state index is 0.0735. The average Bonchev–Trinajstić information content (AvgIpc) is 2.71. The van der Waals surface area contributed by atoms with Crippen LogP contribution in [0.2, 0.25) is 0 Å². The van der Waals surface area contributed by atoms with Crippen LogP contribution in [0.25, 0.3) is 0 Å². The number of likely N-dealkylation sites (tertiary alicyclic amines) is 1. The normalized spacial score (nSPS) is 15.3. The van der Waals surface area contributed by atoms with E-state index < -0.39 is 11.8 Å². The van der Waals surface area contributed by atoms with Gasteiger partial charge in [-0.05, 0) is 30.4 Å². The van der Waals surface area contributed by atoms with E-state index in [0.717, 1.165) is 44.5 Å². The number of rotatable bonds is 6. The van der Waals surface area contributed by atoms with Crippen LogP contribution in [0.1, 0.15) is 24.0 Å². The second-order valence-corrected chi connectivity index (χ2v) is 7.00. The molecule has 0 bridgehead atoms. The van der Waals surface area contributed by atoms with Gasteiger partial charge in [0.25, 0.3) is 0 Å². The number of benzene rings is 2. The van der Waals surface area contributed by atoms with Gasteiger partial charge in [0.05, 0.1) is 0 Å². The molecule has 1 aliphatic heterocycles. The molecule has 0 radical (unpaired) electrons. The zero-order valence-corrected chi connectivity index (χ0v) is 15.6. The summed E-state index contributed by atoms with van der Waals surface area (Å²) in [4.78, 5) is 26.5. The maximum absolute atomic E-state index is 12.1. The maximum Gasteiger partial charge on any atom is 0.309 e. The van der Waals surface area contributed by atoms with Gasteiger partial charge in [-0.3, -0.25) is 14.5 Å². The van der Waals surface area contributed by atoms with Gasteiger partial charge in [-0.2, -0.15) is 0 Å². The number of carbonyl (C=O) groups is 2. The van der Waals surface area contributed by atoms with E-state index in [1.54, 1.807) is 0 Å². The molecule has 2 aromatic carbocycles. The molecule has 1 aliphatic rings. The Labute approximate surface area is 160 Å². The highest BCUT2D eigenvalue weighted by Gasteiger charge is 2.23. The molecule has 2 N–H and O–H groups in total. The summed E-state index contributed by atoms with van der Waals surface area (Å²) in [5.41, 5.74) is 2.45. The first-order valence-electron chi connectivity index (χ1n) is 9.59. The smallest absolute Gasteiger partial charge is 0.309 e. The molecule has 0 aliphatic carbocycles. The van der Waals surface area contributed by atoms with Crippen molar-refractivity contribution in [3.8, 4) is 0 Å². The minimum Gasteiger partial charge on any atom is -0.348 e. The number of piperidine rings is 1. The fraction of sp³-hybridized carbons (Fsp3) is 0.364. The van der Waals surface area contributed by atoms with Crippen LogP contribution >= 0.6 is 0 Å². The van der Waals surface area contributed by atoms with Crippen molar-refractivity contribution in [2.24, 2.45) is 0 Å². The Morgan fingerprint density at radius 1 is 0.852 bits per heavy atom. The molecule has 1 heterocycles. The van der Waals surface area contributed by atoms with Gasteiger partial charge < -0.3 is 10.6 Å². The molecular formula is C22H27N3O2. The predicted molar refractivity (Wildman–Crippen MR) is 106 cm³/mol. The lowest BCUT2D eigenvalue weighted by Gasteiger charge is -2.32. The molecule has 0 spiro atoms. The van der Waals surface area contributed by atoms with Gasteiger partial charge in [-0.1, -0.05) is 60.7 Å². The Hall–Kier alpha value is -2.66. The predicted octanol–water partition coefficient (Wildman–Crippen LogP) is 2.13. The van der Waals surface area contributed by atoms with E-state index in [1.165, 1.54) is 5.56 Å². The molecular weight excluding hydrogens is 338 g/mol. The molecule has 2 aromatic rings. The molecule has 2 amide bonds. The summed E-state index contributed by atoms with van der Waals surface area (Å²) in [5.74, 6) is -1.07. The van der Waals surface area contributed by atoms with Crippen molar-refractivity contribution >= 4 is 11.8 Å². The summed E-state index contributed by atoms with van der Waals surface area (Å²) in [7, 11) is 0. The van der Waals surface area contributed by atoms with Gasteiger partial charge in [0.15, 0.2) is 0 Å². The highest BCUT2D eigenvalue weighted by Crippen LogP contribution is 2.13. The molecule has 0 atom stereocenters. The van der Waals surface area contributed by atoms with Gasteiger partial charge in [-0.25, -0.2) is 0 Å². The number of nitrogens with one attached hydrogen (secondary N) is 2. The van der Waals surface area contributed by atoms with Gasteiger partial charge in [0, 0.05) is 32.2 Å². The third-order valence-corrected chi connectivity index (χ3v) is 4.92. The van der Waals surface area contributed by atoms with E-state index in [2.05, 4.69) is 39.8 Å². The number of amides is 2. The highest BCUT2D eigenvalue weighted by molar-refractivity contribution is 6.35. The highest BCUT2D eigenvalue weighted by atomic mass is 16.2. The number of hydrogen-bond donors (Lipinski definition) is 2. The van der Waals surface area contributed by atoms with Crippen molar-refractivity contribution in [2.45, 2.75) is 31.8 Å². The molecule has 142 valence electrons. The Morgan fingerprint density at radius 3 is 2.07 bits per heavy atom. The van der Waals surface area contributed by atoms with Crippen LogP contribution < -0.4 is 10.6 Å². The van der Waals surface area contributed by atoms with Gasteiger partial charge >= 0.3 is 11.8 Å². The van der Waals surface area contributed by atoms with Crippen molar-refractivity contribution in [3.63, 3.8) is 0 Å². The minimum atomic E-state index is -0.544. The van der Waals surface area contributed by atoms with E-state index in [9.17, 15) is 9.59 Å². The molecule has 1 saturated heterocycles. The van der Waals surface area contributed by atoms with Crippen LogP contribution in [0, 0.1) is 0 Å². The summed E-state index contributed by atoms with van der Waals surface area (Å²) in [6, 6.07) is 20.4. The fourth-order valence-corrected chi connectivity index (χ4v) is 3.37. The summed E-state index contributed by atoms with van der Waals surface area (Å²) < 4.78 is 0. The number of nitrogens with zero attached hydrogens (tertiary/aromatic N) is 1. The zero-order valence-electron chi connectivity index (χ0n) is 15.6. The Bertz CT molecular complexity index is 726. The van der Waals surface area contributed by atoms with E-state index in [1.807, 2.05) is 36.4 Å². The number of hydrogen-bond acceptors (Lipinski definition) is 3. The molecule has 0 aromatic heterocycles. The molecule has 0 unspecified atom stereocenters. The Kier molecular flexibility index (Phi) is 6.99. The Morgan fingerprint density at radius 2 is 1.44 bits per heavy atom. The lowest BCUT2D eigenvalue weighted by molar-refractivity contribution is -0.139. The van der Waals surface area contributed by atoms with Crippen LogP contribution in [0.15, 0.2) is 60.7 Å². The van der Waals surface area contributed by atoms with Crippen molar-refractivity contribution < 1.29 is 9.59 Å². The van der Waals surface area contributed by atoms with Gasteiger partial charge in [0.1, 0.15) is 0 Å². The van der Waals surface area contributed by atoms with E-state index >= 15 is 0 Å². The van der Waals surface area contributed by atoms with Crippen LogP contribution in [-0.4, -0.2) is 42.4 Å². The second kappa shape index (κ2) is 9.88. The van der Waals surface area contributed by atoms with E-state index in [0.29, 0.717) is 6.54 Å². The van der Waals surface area contributed by atoms with Crippen molar-refractivity contribution in [2.75, 3.05) is 19.6 Å². The van der Waals surface area contributed by atoms with Crippen LogP contribution in [0.4, 0.5) is 0 Å². The van der Waals surface area contributed by atoms with Crippen LogP contribution in [-0.2, 0) is 22.6 Å². The van der Waals surface area contributed by atoms with Gasteiger partial charge in [-0.15, -0.1) is 0 Å². The topological polar surface area (TPSA) is 61.4 Å². The molecule has 5 nitrogen and oxygen atoms in total. The Balaban J connectivity index is 1.34. The zero-order chi connectivity index (χ0) is 18.9. The largest absolute Gasteiger partial charge is 0.348 e. The van der Waals surface area contributed by atoms with Gasteiger partial charge in [0.2, 0.25) is 0 Å². The monoisotopic (exact) mass is 365 g/mol. The molecule has 0 saturated carbocycles. The molecule has 3 rings (SSSR count). The van der Waals surface area contributed by atoms with Crippen molar-refractivity contribution in [3.05, 3.63) is 71.8 Å². The average molecular weight is 365 g/mol. The first-order chi connectivity index (χ1) is 13.2. The van der Waals surface area contributed by atoms with E-state index in [-0.39, 0.29) is 6.04 Å². The molecule has 1 fully saturated rings. The van der Waals surface area contributed by atoms with E-state index in [4.69, 9.17) is 0 Å². The summed E-state index contributed by atoms with van der Waals surface area (Å²) in [6.45, 7) is 3.25. The maximum atomic E-state index is 12.1. The quantitative estimate of drug-likeness (QED) is 0.771. The summed E-state index contributed by atoms with van der Waals surface area (Å²) in [6.07, 6.45) is 2.46. The SMILES string of the molecule is O=C(NCCc1ccccc1)C(=O)NC1CCN(Cc2ccccc2)CC1. The third-order valence-electron chi connectivity index (χ3n) is 4.92. The number of carbonyl (C=O) groups excluding carboxylic acids is 2. The molecule has 27 heavy (non-hydrogen) atoms. The second-order valence-electron chi connectivity index (χ2n) is 7.00. The lowest BCUT2D eigenvalue weighted by atomic mass is 10.0. The van der Waals surface area contributed by atoms with Crippen LogP contribution in [0.5, 0.6) is 0 Å². The first-order valence-corrected chi connectivity index (χ1v) is 9.59. The summed E-state index contributed by atoms with van der Waals surface area (Å²) in [5, 5.41) is 5.57. The fourth-order valence-electron chi connectivity index (χ4n) is 3.37. The van der Waals surface area contributed by atoms with Crippen LogP contribution in [0.3, 0.4) is 0 Å². The molecule has 5 heteroatoms. The van der Waals surface area contributed by atoms with Crippen molar-refractivity contribution in [1.29, 1.82) is 0 Å².